The quantitative estimate of drug-likeness (QED) is 0.253. The highest BCUT2D eigenvalue weighted by Gasteiger charge is 1.93. The fraction of sp³-hybridized carbons (Fsp3) is 0.824. The SMILES string of the molecule is CCCCC/C=C\CCCCCCCCOC(C)=O. The zero-order valence-electron chi connectivity index (χ0n) is 13.0. The molecule has 0 aliphatic carbocycles. The van der Waals surface area contributed by atoms with E-state index < -0.39 is 0 Å². The smallest absolute Gasteiger partial charge is 0.302 e. The lowest BCUT2D eigenvalue weighted by atomic mass is 10.1. The number of allylic oxidation sites excluding steroid dienone is 2. The van der Waals surface area contributed by atoms with Gasteiger partial charge in [-0.2, -0.15) is 0 Å². The van der Waals surface area contributed by atoms with E-state index in [1.807, 2.05) is 0 Å². The first-order valence-corrected chi connectivity index (χ1v) is 8.05. The highest BCUT2D eigenvalue weighted by atomic mass is 16.5. The Kier molecular flexibility index (Phi) is 14.6. The van der Waals surface area contributed by atoms with E-state index >= 15 is 0 Å². The lowest BCUT2D eigenvalue weighted by Crippen LogP contribution is -1.99. The first-order chi connectivity index (χ1) is 9.27. The zero-order chi connectivity index (χ0) is 14.2. The van der Waals surface area contributed by atoms with Crippen LogP contribution >= 0.6 is 0 Å². The molecule has 0 aromatic rings. The largest absolute Gasteiger partial charge is 0.466 e. The Morgan fingerprint density at radius 2 is 1.37 bits per heavy atom. The molecule has 0 rings (SSSR count). The topological polar surface area (TPSA) is 26.3 Å². The van der Waals surface area contributed by atoms with Crippen LogP contribution in [0.3, 0.4) is 0 Å². The summed E-state index contributed by atoms with van der Waals surface area (Å²) in [5.74, 6) is -0.161. The summed E-state index contributed by atoms with van der Waals surface area (Å²) in [6, 6.07) is 0. The highest BCUT2D eigenvalue weighted by Crippen LogP contribution is 2.08. The summed E-state index contributed by atoms with van der Waals surface area (Å²) in [6.07, 6.45) is 18.6. The Bertz CT molecular complexity index is 221. The molecule has 19 heavy (non-hydrogen) atoms. The minimum atomic E-state index is -0.161. The monoisotopic (exact) mass is 268 g/mol. The molecule has 0 fully saturated rings. The maximum atomic E-state index is 10.5. The second kappa shape index (κ2) is 15.3. The molecule has 2 heteroatoms. The van der Waals surface area contributed by atoms with Crippen molar-refractivity contribution in [3.8, 4) is 0 Å². The van der Waals surface area contributed by atoms with E-state index in [2.05, 4.69) is 19.1 Å². The van der Waals surface area contributed by atoms with Gasteiger partial charge in [-0.25, -0.2) is 0 Å². The van der Waals surface area contributed by atoms with Gasteiger partial charge < -0.3 is 4.74 Å². The van der Waals surface area contributed by atoms with Gasteiger partial charge in [0, 0.05) is 6.92 Å². The third-order valence-corrected chi connectivity index (χ3v) is 3.21. The van der Waals surface area contributed by atoms with Gasteiger partial charge in [0.05, 0.1) is 6.61 Å². The summed E-state index contributed by atoms with van der Waals surface area (Å²) in [7, 11) is 0. The minimum absolute atomic E-state index is 0.161. The van der Waals surface area contributed by atoms with Crippen LogP contribution in [0.15, 0.2) is 12.2 Å². The van der Waals surface area contributed by atoms with Gasteiger partial charge in [0.25, 0.3) is 0 Å². The van der Waals surface area contributed by atoms with Crippen molar-refractivity contribution in [1.29, 1.82) is 0 Å². The first kappa shape index (κ1) is 18.2. The molecule has 0 amide bonds. The number of unbranched alkanes of at least 4 members (excludes halogenated alkanes) is 9. The molecule has 2 nitrogen and oxygen atoms in total. The van der Waals surface area contributed by atoms with Gasteiger partial charge in [0.2, 0.25) is 0 Å². The summed E-state index contributed by atoms with van der Waals surface area (Å²) in [4.78, 5) is 10.5. The summed E-state index contributed by atoms with van der Waals surface area (Å²) in [5.41, 5.74) is 0. The molecule has 0 atom stereocenters. The molecular weight excluding hydrogens is 236 g/mol. The molecule has 0 N–H and O–H groups in total. The van der Waals surface area contributed by atoms with Crippen molar-refractivity contribution in [3.63, 3.8) is 0 Å². The lowest BCUT2D eigenvalue weighted by molar-refractivity contribution is -0.141. The van der Waals surface area contributed by atoms with Crippen LogP contribution < -0.4 is 0 Å². The van der Waals surface area contributed by atoms with Crippen molar-refractivity contribution in [2.75, 3.05) is 6.61 Å². The molecule has 112 valence electrons. The maximum absolute atomic E-state index is 10.5. The van der Waals surface area contributed by atoms with E-state index in [0.717, 1.165) is 6.42 Å². The summed E-state index contributed by atoms with van der Waals surface area (Å²) in [6.45, 7) is 4.31. The summed E-state index contributed by atoms with van der Waals surface area (Å²) >= 11 is 0. The third kappa shape index (κ3) is 17.2. The molecule has 0 spiro atoms. The van der Waals surface area contributed by atoms with Crippen molar-refractivity contribution < 1.29 is 9.53 Å². The Morgan fingerprint density at radius 1 is 0.842 bits per heavy atom. The number of hydrogen-bond acceptors (Lipinski definition) is 2. The molecule has 0 aliphatic rings. The summed E-state index contributed by atoms with van der Waals surface area (Å²) in [5, 5.41) is 0. The van der Waals surface area contributed by atoms with E-state index in [1.54, 1.807) is 0 Å². The van der Waals surface area contributed by atoms with Gasteiger partial charge >= 0.3 is 5.97 Å². The Balaban J connectivity index is 3.04. The van der Waals surface area contributed by atoms with Gasteiger partial charge in [-0.3, -0.25) is 4.79 Å². The van der Waals surface area contributed by atoms with E-state index in [0.29, 0.717) is 6.61 Å². The van der Waals surface area contributed by atoms with Gasteiger partial charge in [-0.1, -0.05) is 57.6 Å². The predicted molar refractivity (Wildman–Crippen MR) is 82.2 cm³/mol. The predicted octanol–water partition coefficient (Wildman–Crippen LogP) is 5.42. The molecule has 0 aliphatic heterocycles. The molecule has 0 saturated carbocycles. The molecule has 0 saturated heterocycles. The van der Waals surface area contributed by atoms with Crippen LogP contribution in [-0.2, 0) is 9.53 Å². The van der Waals surface area contributed by atoms with Crippen LogP contribution in [0.2, 0.25) is 0 Å². The molecule has 0 unspecified atom stereocenters. The van der Waals surface area contributed by atoms with Crippen molar-refractivity contribution in [2.45, 2.75) is 84.5 Å². The van der Waals surface area contributed by atoms with E-state index in [9.17, 15) is 4.79 Å². The minimum Gasteiger partial charge on any atom is -0.466 e. The van der Waals surface area contributed by atoms with Gasteiger partial charge in [0.1, 0.15) is 0 Å². The van der Waals surface area contributed by atoms with Crippen LogP contribution in [0.5, 0.6) is 0 Å². The number of hydrogen-bond donors (Lipinski definition) is 0. The third-order valence-electron chi connectivity index (χ3n) is 3.21. The number of carbonyl (C=O) groups excluding carboxylic acids is 1. The molecular formula is C17H32O2. The second-order valence-electron chi connectivity index (χ2n) is 5.22. The zero-order valence-corrected chi connectivity index (χ0v) is 13.0. The second-order valence-corrected chi connectivity index (χ2v) is 5.22. The number of esters is 1. The Labute approximate surface area is 119 Å². The van der Waals surface area contributed by atoms with Gasteiger partial charge in [-0.05, 0) is 32.1 Å². The van der Waals surface area contributed by atoms with Gasteiger partial charge in [-0.15, -0.1) is 0 Å². The number of carbonyl (C=O) groups is 1. The fourth-order valence-corrected chi connectivity index (χ4v) is 2.04. The Hall–Kier alpha value is -0.790. The van der Waals surface area contributed by atoms with Crippen LogP contribution in [0.25, 0.3) is 0 Å². The van der Waals surface area contributed by atoms with Crippen LogP contribution in [0.1, 0.15) is 84.5 Å². The maximum Gasteiger partial charge on any atom is 0.302 e. The van der Waals surface area contributed by atoms with Crippen molar-refractivity contribution >= 4 is 5.97 Å². The van der Waals surface area contributed by atoms with Crippen molar-refractivity contribution in [2.24, 2.45) is 0 Å². The molecule has 0 radical (unpaired) electrons. The molecule has 0 bridgehead atoms. The van der Waals surface area contributed by atoms with E-state index in [1.165, 1.54) is 71.1 Å². The highest BCUT2D eigenvalue weighted by molar-refractivity contribution is 5.65. The summed E-state index contributed by atoms with van der Waals surface area (Å²) < 4.78 is 4.89. The van der Waals surface area contributed by atoms with Crippen molar-refractivity contribution in [3.05, 3.63) is 12.2 Å². The molecule has 0 aromatic heterocycles. The van der Waals surface area contributed by atoms with E-state index in [-0.39, 0.29) is 5.97 Å². The molecule has 0 heterocycles. The standard InChI is InChI=1S/C17H32O2/c1-3-4-5-6-7-8-9-10-11-12-13-14-15-16-19-17(2)18/h7-8H,3-6,9-16H2,1-2H3/b8-7-. The van der Waals surface area contributed by atoms with E-state index in [4.69, 9.17) is 4.74 Å². The first-order valence-electron chi connectivity index (χ1n) is 8.05. The number of rotatable bonds is 13. The average molecular weight is 268 g/mol. The van der Waals surface area contributed by atoms with Gasteiger partial charge in [0.15, 0.2) is 0 Å². The average Bonchev–Trinajstić information content (AvgIpc) is 2.39. The lowest BCUT2D eigenvalue weighted by Gasteiger charge is -2.02. The van der Waals surface area contributed by atoms with Crippen molar-refractivity contribution in [1.82, 2.24) is 0 Å². The Morgan fingerprint density at radius 3 is 1.95 bits per heavy atom. The van der Waals surface area contributed by atoms with Crippen LogP contribution in [0, 0.1) is 0 Å². The molecule has 0 aromatic carbocycles. The van der Waals surface area contributed by atoms with Crippen LogP contribution in [0.4, 0.5) is 0 Å². The van der Waals surface area contributed by atoms with Crippen LogP contribution in [-0.4, -0.2) is 12.6 Å². The number of ether oxygens (including phenoxy) is 1. The fourth-order valence-electron chi connectivity index (χ4n) is 2.04. The normalized spacial score (nSPS) is 11.1.